The molecule has 0 spiro atoms. The minimum Gasteiger partial charge on any atom is -0.307 e. The Bertz CT molecular complexity index is 546. The molecule has 1 nitrogen and oxygen atoms in total. The molecule has 1 atom stereocenters. The molecule has 0 saturated carbocycles. The van der Waals surface area contributed by atoms with Gasteiger partial charge in [-0.25, -0.2) is 0 Å². The van der Waals surface area contributed by atoms with Crippen molar-refractivity contribution in [2.24, 2.45) is 0 Å². The molecule has 1 unspecified atom stereocenters. The Morgan fingerprint density at radius 3 is 2.37 bits per heavy atom. The van der Waals surface area contributed by atoms with Gasteiger partial charge in [0.05, 0.1) is 6.04 Å². The summed E-state index contributed by atoms with van der Waals surface area (Å²) in [6, 6.07) is 15.0. The second kappa shape index (κ2) is 6.23. The first-order valence-electron chi connectivity index (χ1n) is 6.68. The molecule has 19 heavy (non-hydrogen) atoms. The van der Waals surface area contributed by atoms with Crippen LogP contribution in [0.5, 0.6) is 0 Å². The van der Waals surface area contributed by atoms with E-state index in [1.807, 2.05) is 12.1 Å². The molecule has 0 aliphatic heterocycles. The molecule has 0 aliphatic carbocycles. The lowest BCUT2D eigenvalue weighted by Crippen LogP contribution is -2.22. The summed E-state index contributed by atoms with van der Waals surface area (Å²) in [7, 11) is 0. The van der Waals surface area contributed by atoms with Gasteiger partial charge in [-0.15, -0.1) is 0 Å². The van der Waals surface area contributed by atoms with Crippen LogP contribution in [0.2, 0.25) is 5.02 Å². The van der Waals surface area contributed by atoms with Crippen molar-refractivity contribution in [3.05, 3.63) is 69.7 Å². The van der Waals surface area contributed by atoms with Crippen LogP contribution in [-0.2, 0) is 0 Å². The van der Waals surface area contributed by atoms with Crippen LogP contribution in [0.1, 0.15) is 35.2 Å². The summed E-state index contributed by atoms with van der Waals surface area (Å²) in [5, 5.41) is 4.37. The van der Waals surface area contributed by atoms with E-state index >= 15 is 0 Å². The van der Waals surface area contributed by atoms with Gasteiger partial charge in [0.25, 0.3) is 0 Å². The second-order valence-electron chi connectivity index (χ2n) is 4.86. The van der Waals surface area contributed by atoms with Crippen molar-refractivity contribution in [3.8, 4) is 0 Å². The zero-order valence-corrected chi connectivity index (χ0v) is 12.5. The topological polar surface area (TPSA) is 12.0 Å². The van der Waals surface area contributed by atoms with Crippen LogP contribution in [0.15, 0.2) is 42.5 Å². The van der Waals surface area contributed by atoms with E-state index in [9.17, 15) is 0 Å². The lowest BCUT2D eigenvalue weighted by molar-refractivity contribution is 0.627. The Hall–Kier alpha value is -1.31. The van der Waals surface area contributed by atoms with Crippen molar-refractivity contribution in [1.29, 1.82) is 0 Å². The number of nitrogens with one attached hydrogen (secondary N) is 1. The first-order chi connectivity index (χ1) is 9.13. The molecule has 0 bridgehead atoms. The van der Waals surface area contributed by atoms with Gasteiger partial charge >= 0.3 is 0 Å². The Kier molecular flexibility index (Phi) is 4.62. The van der Waals surface area contributed by atoms with E-state index in [1.54, 1.807) is 0 Å². The molecule has 0 aliphatic rings. The highest BCUT2D eigenvalue weighted by molar-refractivity contribution is 6.31. The number of rotatable bonds is 4. The normalized spacial score (nSPS) is 12.4. The third-order valence-corrected chi connectivity index (χ3v) is 3.85. The molecule has 0 amide bonds. The minimum atomic E-state index is 0.198. The second-order valence-corrected chi connectivity index (χ2v) is 5.26. The summed E-state index contributed by atoms with van der Waals surface area (Å²) >= 11 is 6.24. The molecule has 0 saturated heterocycles. The van der Waals surface area contributed by atoms with Gasteiger partial charge < -0.3 is 5.32 Å². The van der Waals surface area contributed by atoms with Crippen LogP contribution < -0.4 is 5.32 Å². The minimum absolute atomic E-state index is 0.198. The summed E-state index contributed by atoms with van der Waals surface area (Å²) in [6.45, 7) is 7.23. The van der Waals surface area contributed by atoms with Gasteiger partial charge in [-0.2, -0.15) is 0 Å². The average molecular weight is 274 g/mol. The van der Waals surface area contributed by atoms with Gasteiger partial charge in [0.15, 0.2) is 0 Å². The summed E-state index contributed by atoms with van der Waals surface area (Å²) in [5.74, 6) is 0. The number of benzene rings is 2. The molecule has 100 valence electrons. The molecule has 1 N–H and O–H groups in total. The first kappa shape index (κ1) is 14.1. The third kappa shape index (κ3) is 3.17. The highest BCUT2D eigenvalue weighted by atomic mass is 35.5. The van der Waals surface area contributed by atoms with E-state index in [1.165, 1.54) is 16.7 Å². The highest BCUT2D eigenvalue weighted by Crippen LogP contribution is 2.28. The molecular weight excluding hydrogens is 254 g/mol. The summed E-state index contributed by atoms with van der Waals surface area (Å²) < 4.78 is 0. The lowest BCUT2D eigenvalue weighted by Gasteiger charge is -2.21. The van der Waals surface area contributed by atoms with Crippen LogP contribution >= 0.6 is 11.6 Å². The molecular formula is C17H20ClN. The number of hydrogen-bond acceptors (Lipinski definition) is 1. The Labute approximate surface area is 120 Å². The van der Waals surface area contributed by atoms with E-state index in [0.29, 0.717) is 0 Å². The van der Waals surface area contributed by atoms with E-state index in [4.69, 9.17) is 11.6 Å². The number of aryl methyl sites for hydroxylation is 1. The predicted octanol–water partition coefficient (Wildman–Crippen LogP) is 4.66. The Morgan fingerprint density at radius 2 is 1.74 bits per heavy atom. The summed E-state index contributed by atoms with van der Waals surface area (Å²) in [5.41, 5.74) is 4.95. The standard InChI is InChI=1S/C17H20ClN/c1-4-19-17(14-10-8-12(2)9-11-14)15-6-5-7-16(18)13(15)3/h5-11,17,19H,4H2,1-3H3. The van der Waals surface area contributed by atoms with Crippen LogP contribution in [0, 0.1) is 13.8 Å². The van der Waals surface area contributed by atoms with Crippen molar-refractivity contribution in [2.75, 3.05) is 6.54 Å². The first-order valence-corrected chi connectivity index (χ1v) is 7.06. The van der Waals surface area contributed by atoms with Gasteiger partial charge in [-0.3, -0.25) is 0 Å². The van der Waals surface area contributed by atoms with E-state index in [2.05, 4.69) is 56.4 Å². The molecule has 0 radical (unpaired) electrons. The maximum Gasteiger partial charge on any atom is 0.0579 e. The zero-order valence-electron chi connectivity index (χ0n) is 11.7. The maximum atomic E-state index is 6.24. The molecule has 2 rings (SSSR count). The predicted molar refractivity (Wildman–Crippen MR) is 82.9 cm³/mol. The molecule has 0 heterocycles. The third-order valence-electron chi connectivity index (χ3n) is 3.44. The summed E-state index contributed by atoms with van der Waals surface area (Å²) in [6.07, 6.45) is 0. The van der Waals surface area contributed by atoms with Crippen LogP contribution in [0.3, 0.4) is 0 Å². The fourth-order valence-corrected chi connectivity index (χ4v) is 2.49. The molecule has 0 aromatic heterocycles. The fraction of sp³-hybridized carbons (Fsp3) is 0.294. The van der Waals surface area contributed by atoms with Gasteiger partial charge in [0, 0.05) is 5.02 Å². The molecule has 0 fully saturated rings. The van der Waals surface area contributed by atoms with Crippen molar-refractivity contribution in [1.82, 2.24) is 5.32 Å². The highest BCUT2D eigenvalue weighted by Gasteiger charge is 2.15. The zero-order chi connectivity index (χ0) is 13.8. The van der Waals surface area contributed by atoms with Crippen molar-refractivity contribution in [3.63, 3.8) is 0 Å². The number of hydrogen-bond donors (Lipinski definition) is 1. The molecule has 2 heteroatoms. The van der Waals surface area contributed by atoms with Crippen molar-refractivity contribution >= 4 is 11.6 Å². The van der Waals surface area contributed by atoms with Crippen molar-refractivity contribution < 1.29 is 0 Å². The molecule has 2 aromatic rings. The van der Waals surface area contributed by atoms with Gasteiger partial charge in [0.1, 0.15) is 0 Å². The SMILES string of the molecule is CCNC(c1ccc(C)cc1)c1cccc(Cl)c1C. The Morgan fingerprint density at radius 1 is 1.05 bits per heavy atom. The van der Waals surface area contributed by atoms with Crippen LogP contribution in [0.25, 0.3) is 0 Å². The molecule has 2 aromatic carbocycles. The largest absolute Gasteiger partial charge is 0.307 e. The fourth-order valence-electron chi connectivity index (χ4n) is 2.31. The van der Waals surface area contributed by atoms with Gasteiger partial charge in [-0.1, -0.05) is 60.5 Å². The average Bonchev–Trinajstić information content (AvgIpc) is 2.41. The van der Waals surface area contributed by atoms with Crippen LogP contribution in [-0.4, -0.2) is 6.54 Å². The smallest absolute Gasteiger partial charge is 0.0579 e. The lowest BCUT2D eigenvalue weighted by atomic mass is 9.94. The Balaban J connectivity index is 2.45. The van der Waals surface area contributed by atoms with Gasteiger partial charge in [0.2, 0.25) is 0 Å². The van der Waals surface area contributed by atoms with Crippen LogP contribution in [0.4, 0.5) is 0 Å². The maximum absolute atomic E-state index is 6.24. The van der Waals surface area contributed by atoms with Gasteiger partial charge in [-0.05, 0) is 43.1 Å². The van der Waals surface area contributed by atoms with E-state index in [-0.39, 0.29) is 6.04 Å². The quantitative estimate of drug-likeness (QED) is 0.855. The summed E-state index contributed by atoms with van der Waals surface area (Å²) in [4.78, 5) is 0. The van der Waals surface area contributed by atoms with E-state index in [0.717, 1.165) is 17.1 Å². The van der Waals surface area contributed by atoms with Crippen molar-refractivity contribution in [2.45, 2.75) is 26.8 Å². The monoisotopic (exact) mass is 273 g/mol. The number of halogens is 1. The van der Waals surface area contributed by atoms with E-state index < -0.39 is 0 Å².